The van der Waals surface area contributed by atoms with Crippen LogP contribution in [0.25, 0.3) is 5.69 Å². The summed E-state index contributed by atoms with van der Waals surface area (Å²) in [5.74, 6) is -0.0864. The third-order valence-electron chi connectivity index (χ3n) is 4.68. The van der Waals surface area contributed by atoms with Gasteiger partial charge < -0.3 is 5.32 Å². The van der Waals surface area contributed by atoms with Gasteiger partial charge in [0.25, 0.3) is 0 Å². The van der Waals surface area contributed by atoms with Crippen LogP contribution in [0.3, 0.4) is 0 Å². The zero-order chi connectivity index (χ0) is 22.4. The minimum Gasteiger partial charge on any atom is -0.325 e. The Hall–Kier alpha value is -2.62. The maximum atomic E-state index is 12.7. The highest BCUT2D eigenvalue weighted by Crippen LogP contribution is 2.23. The molecule has 0 bridgehead atoms. The first-order valence-corrected chi connectivity index (χ1v) is 12.4. The van der Waals surface area contributed by atoms with Crippen LogP contribution in [0.5, 0.6) is 0 Å². The molecule has 2 aromatic carbocycles. The lowest BCUT2D eigenvalue weighted by Crippen LogP contribution is -2.30. The number of thioether (sulfide) groups is 1. The number of carbonyl (C=O) groups excluding carboxylic acids is 1. The molecule has 31 heavy (non-hydrogen) atoms. The molecule has 1 heterocycles. The number of hydrogen-bond donors (Lipinski definition) is 1. The van der Waals surface area contributed by atoms with E-state index in [-0.39, 0.29) is 16.6 Å². The Morgan fingerprint density at radius 3 is 2.58 bits per heavy atom. The molecule has 0 saturated heterocycles. The predicted molar refractivity (Wildman–Crippen MR) is 124 cm³/mol. The van der Waals surface area contributed by atoms with Gasteiger partial charge in [-0.2, -0.15) is 4.31 Å². The van der Waals surface area contributed by atoms with Gasteiger partial charge in [0.2, 0.25) is 15.9 Å². The zero-order valence-electron chi connectivity index (χ0n) is 17.8. The molecule has 1 aromatic heterocycles. The van der Waals surface area contributed by atoms with Gasteiger partial charge >= 0.3 is 0 Å². The van der Waals surface area contributed by atoms with Gasteiger partial charge in [0, 0.05) is 36.9 Å². The number of sulfonamides is 1. The molecule has 0 aliphatic carbocycles. The summed E-state index contributed by atoms with van der Waals surface area (Å²) in [5, 5.41) is 3.49. The van der Waals surface area contributed by atoms with E-state index in [1.54, 1.807) is 32.2 Å². The maximum Gasteiger partial charge on any atom is 0.243 e. The average molecular weight is 459 g/mol. The van der Waals surface area contributed by atoms with E-state index >= 15 is 0 Å². The molecule has 9 heteroatoms. The van der Waals surface area contributed by atoms with Gasteiger partial charge in [-0.05, 0) is 42.8 Å². The SMILES string of the molecule is CCN(CC)S(=O)(=O)c1cccc(NC(=O)CSc2nccn2-c2cccc(C)c2)c1. The van der Waals surface area contributed by atoms with Crippen molar-refractivity contribution in [3.63, 3.8) is 0 Å². The molecule has 0 aliphatic rings. The highest BCUT2D eigenvalue weighted by atomic mass is 32.2. The van der Waals surface area contributed by atoms with Crippen LogP contribution < -0.4 is 5.32 Å². The molecule has 0 atom stereocenters. The smallest absolute Gasteiger partial charge is 0.243 e. The van der Waals surface area contributed by atoms with Crippen LogP contribution >= 0.6 is 11.8 Å². The third kappa shape index (κ3) is 5.55. The Morgan fingerprint density at radius 2 is 1.87 bits per heavy atom. The fourth-order valence-electron chi connectivity index (χ4n) is 3.14. The second-order valence-corrected chi connectivity index (χ2v) is 9.75. The highest BCUT2D eigenvalue weighted by molar-refractivity contribution is 7.99. The normalized spacial score (nSPS) is 11.6. The van der Waals surface area contributed by atoms with Gasteiger partial charge in [0.05, 0.1) is 10.6 Å². The van der Waals surface area contributed by atoms with Crippen LogP contribution in [0, 0.1) is 6.92 Å². The number of hydrogen-bond acceptors (Lipinski definition) is 5. The van der Waals surface area contributed by atoms with Crippen LogP contribution in [0.4, 0.5) is 5.69 Å². The molecule has 3 aromatic rings. The van der Waals surface area contributed by atoms with Crippen molar-refractivity contribution in [3.05, 3.63) is 66.5 Å². The van der Waals surface area contributed by atoms with Crippen molar-refractivity contribution in [1.29, 1.82) is 0 Å². The van der Waals surface area contributed by atoms with E-state index in [0.29, 0.717) is 23.9 Å². The molecule has 0 spiro atoms. The van der Waals surface area contributed by atoms with E-state index in [0.717, 1.165) is 11.3 Å². The van der Waals surface area contributed by atoms with Gasteiger partial charge in [0.1, 0.15) is 0 Å². The van der Waals surface area contributed by atoms with Gasteiger partial charge in [-0.25, -0.2) is 13.4 Å². The second kappa shape index (κ2) is 10.1. The molecular formula is C22H26N4O3S2. The van der Waals surface area contributed by atoms with E-state index in [1.807, 2.05) is 42.0 Å². The predicted octanol–water partition coefficient (Wildman–Crippen LogP) is 3.94. The third-order valence-corrected chi connectivity index (χ3v) is 7.69. The Kier molecular flexibility index (Phi) is 7.53. The van der Waals surface area contributed by atoms with Crippen molar-refractivity contribution in [2.75, 3.05) is 24.2 Å². The summed E-state index contributed by atoms with van der Waals surface area (Å²) in [4.78, 5) is 17.0. The molecule has 1 amide bonds. The van der Waals surface area contributed by atoms with Gasteiger partial charge in [0.15, 0.2) is 5.16 Å². The average Bonchev–Trinajstić information content (AvgIpc) is 3.22. The molecule has 0 radical (unpaired) electrons. The molecule has 0 aliphatic heterocycles. The first-order valence-electron chi connectivity index (χ1n) is 9.98. The van der Waals surface area contributed by atoms with Crippen molar-refractivity contribution in [1.82, 2.24) is 13.9 Å². The van der Waals surface area contributed by atoms with Crippen LogP contribution in [-0.4, -0.2) is 47.0 Å². The zero-order valence-corrected chi connectivity index (χ0v) is 19.4. The van der Waals surface area contributed by atoms with E-state index in [9.17, 15) is 13.2 Å². The maximum absolute atomic E-state index is 12.7. The van der Waals surface area contributed by atoms with Crippen molar-refractivity contribution in [3.8, 4) is 5.69 Å². The monoisotopic (exact) mass is 458 g/mol. The number of benzene rings is 2. The summed E-state index contributed by atoms with van der Waals surface area (Å²) >= 11 is 1.32. The summed E-state index contributed by atoms with van der Waals surface area (Å²) in [6.45, 7) is 6.39. The molecule has 1 N–H and O–H groups in total. The number of anilines is 1. The van der Waals surface area contributed by atoms with Gasteiger partial charge in [-0.15, -0.1) is 0 Å². The molecule has 0 unspecified atom stereocenters. The van der Waals surface area contributed by atoms with E-state index < -0.39 is 10.0 Å². The van der Waals surface area contributed by atoms with Crippen LogP contribution in [-0.2, 0) is 14.8 Å². The summed E-state index contributed by atoms with van der Waals surface area (Å²) in [6, 6.07) is 14.4. The standard InChI is InChI=1S/C22H26N4O3S2/c1-4-25(5-2)31(28,29)20-11-7-9-18(15-20)24-21(27)16-30-22-23-12-13-26(22)19-10-6-8-17(3)14-19/h6-15H,4-5,16H2,1-3H3,(H,24,27). The Bertz CT molecular complexity index is 1150. The second-order valence-electron chi connectivity index (χ2n) is 6.87. The number of imidazole rings is 1. The number of aromatic nitrogens is 2. The molecule has 3 rings (SSSR count). The Morgan fingerprint density at radius 1 is 1.13 bits per heavy atom. The first kappa shape index (κ1) is 23.1. The molecule has 7 nitrogen and oxygen atoms in total. The topological polar surface area (TPSA) is 84.3 Å². The van der Waals surface area contributed by atoms with Gasteiger partial charge in [-0.1, -0.05) is 43.8 Å². The van der Waals surface area contributed by atoms with Crippen molar-refractivity contribution >= 4 is 33.4 Å². The fourth-order valence-corrected chi connectivity index (χ4v) is 5.42. The number of aryl methyl sites for hydroxylation is 1. The van der Waals surface area contributed by atoms with Crippen LogP contribution in [0.15, 0.2) is 71.0 Å². The lowest BCUT2D eigenvalue weighted by molar-refractivity contribution is -0.113. The molecular weight excluding hydrogens is 432 g/mol. The van der Waals surface area contributed by atoms with Crippen LogP contribution in [0.2, 0.25) is 0 Å². The van der Waals surface area contributed by atoms with E-state index in [2.05, 4.69) is 10.3 Å². The Balaban J connectivity index is 1.67. The lowest BCUT2D eigenvalue weighted by Gasteiger charge is -2.18. The van der Waals surface area contributed by atoms with Crippen molar-refractivity contribution in [2.45, 2.75) is 30.8 Å². The summed E-state index contributed by atoms with van der Waals surface area (Å²) < 4.78 is 28.7. The van der Waals surface area contributed by atoms with E-state index in [1.165, 1.54) is 28.2 Å². The van der Waals surface area contributed by atoms with Crippen molar-refractivity contribution < 1.29 is 13.2 Å². The first-order chi connectivity index (χ1) is 14.8. The fraction of sp³-hybridized carbons (Fsp3) is 0.273. The largest absolute Gasteiger partial charge is 0.325 e. The quantitative estimate of drug-likeness (QED) is 0.491. The lowest BCUT2D eigenvalue weighted by atomic mass is 10.2. The Labute approximate surface area is 187 Å². The summed E-state index contributed by atoms with van der Waals surface area (Å²) in [6.07, 6.45) is 3.56. The van der Waals surface area contributed by atoms with Crippen LogP contribution in [0.1, 0.15) is 19.4 Å². The van der Waals surface area contributed by atoms with E-state index in [4.69, 9.17) is 0 Å². The number of carbonyl (C=O) groups is 1. The minimum absolute atomic E-state index is 0.149. The number of nitrogens with one attached hydrogen (secondary N) is 1. The van der Waals surface area contributed by atoms with Crippen molar-refractivity contribution in [2.24, 2.45) is 0 Å². The number of rotatable bonds is 9. The molecule has 0 fully saturated rings. The highest BCUT2D eigenvalue weighted by Gasteiger charge is 2.22. The van der Waals surface area contributed by atoms with Gasteiger partial charge in [-0.3, -0.25) is 9.36 Å². The number of nitrogens with zero attached hydrogens (tertiary/aromatic N) is 3. The summed E-state index contributed by atoms with van der Waals surface area (Å²) in [5.41, 5.74) is 2.56. The minimum atomic E-state index is -3.58. The molecule has 164 valence electrons. The summed E-state index contributed by atoms with van der Waals surface area (Å²) in [7, 11) is -3.58. The number of amides is 1. The molecule has 0 saturated carbocycles.